The summed E-state index contributed by atoms with van der Waals surface area (Å²) in [5.41, 5.74) is 2.19. The van der Waals surface area contributed by atoms with Crippen LogP contribution in [0.1, 0.15) is 16.1 Å². The van der Waals surface area contributed by atoms with Crippen molar-refractivity contribution >= 4 is 11.7 Å². The summed E-state index contributed by atoms with van der Waals surface area (Å²) in [5.74, 6) is 0.715. The van der Waals surface area contributed by atoms with E-state index in [1.807, 2.05) is 42.5 Å². The van der Waals surface area contributed by atoms with E-state index in [1.165, 1.54) is 6.20 Å². The molecule has 0 aliphatic carbocycles. The summed E-state index contributed by atoms with van der Waals surface area (Å²) in [4.78, 5) is 21.9. The molecule has 1 saturated heterocycles. The van der Waals surface area contributed by atoms with Gasteiger partial charge in [-0.05, 0) is 25.2 Å². The first-order valence-corrected chi connectivity index (χ1v) is 9.34. The molecule has 1 aliphatic rings. The van der Waals surface area contributed by atoms with E-state index < -0.39 is 0 Å². The molecule has 0 atom stereocenters. The first-order chi connectivity index (χ1) is 13.7. The van der Waals surface area contributed by atoms with Gasteiger partial charge in [0.25, 0.3) is 5.91 Å². The van der Waals surface area contributed by atoms with Crippen LogP contribution in [0.25, 0.3) is 5.69 Å². The zero-order chi connectivity index (χ0) is 19.3. The molecule has 8 heteroatoms. The average molecular weight is 377 g/mol. The second kappa shape index (κ2) is 8.18. The number of likely N-dealkylation sites (N-methyl/N-ethyl adjacent to an activating group) is 1. The van der Waals surface area contributed by atoms with Crippen molar-refractivity contribution in [2.75, 3.05) is 38.1 Å². The van der Waals surface area contributed by atoms with E-state index in [2.05, 4.69) is 37.5 Å². The molecule has 3 aromatic rings. The van der Waals surface area contributed by atoms with E-state index in [4.69, 9.17) is 0 Å². The lowest BCUT2D eigenvalue weighted by Gasteiger charge is -2.34. The highest BCUT2D eigenvalue weighted by Crippen LogP contribution is 2.19. The summed E-state index contributed by atoms with van der Waals surface area (Å²) in [6.45, 7) is 4.27. The van der Waals surface area contributed by atoms with Crippen molar-refractivity contribution in [3.05, 3.63) is 66.1 Å². The normalized spacial score (nSPS) is 14.8. The minimum Gasteiger partial charge on any atom is -0.354 e. The van der Waals surface area contributed by atoms with Gasteiger partial charge in [-0.15, -0.1) is 5.10 Å². The Morgan fingerprint density at radius 2 is 1.86 bits per heavy atom. The Bertz CT molecular complexity index is 932. The number of hydrogen-bond acceptors (Lipinski definition) is 6. The number of pyridine rings is 1. The van der Waals surface area contributed by atoms with Crippen molar-refractivity contribution in [3.8, 4) is 5.69 Å². The van der Waals surface area contributed by atoms with Gasteiger partial charge >= 0.3 is 0 Å². The third-order valence-electron chi connectivity index (χ3n) is 4.89. The molecule has 144 valence electrons. The first-order valence-electron chi connectivity index (χ1n) is 9.34. The fourth-order valence-corrected chi connectivity index (χ4v) is 3.29. The van der Waals surface area contributed by atoms with Gasteiger partial charge in [0.05, 0.1) is 11.9 Å². The molecule has 1 amide bonds. The number of aromatic nitrogens is 4. The lowest BCUT2D eigenvalue weighted by molar-refractivity contribution is 0.0943. The summed E-state index contributed by atoms with van der Waals surface area (Å²) >= 11 is 0. The Morgan fingerprint density at radius 3 is 2.64 bits per heavy atom. The van der Waals surface area contributed by atoms with Crippen LogP contribution < -0.4 is 10.2 Å². The molecule has 0 unspecified atom stereocenters. The van der Waals surface area contributed by atoms with E-state index in [1.54, 1.807) is 10.9 Å². The van der Waals surface area contributed by atoms with Crippen LogP contribution in [-0.4, -0.2) is 64.0 Å². The van der Waals surface area contributed by atoms with Crippen LogP contribution >= 0.6 is 0 Å². The van der Waals surface area contributed by atoms with E-state index in [9.17, 15) is 4.79 Å². The van der Waals surface area contributed by atoms with Crippen LogP contribution in [0.15, 0.2) is 54.9 Å². The zero-order valence-corrected chi connectivity index (χ0v) is 15.8. The van der Waals surface area contributed by atoms with Crippen LogP contribution in [-0.2, 0) is 6.54 Å². The van der Waals surface area contributed by atoms with Gasteiger partial charge in [-0.1, -0.05) is 29.5 Å². The molecule has 0 saturated carbocycles. The van der Waals surface area contributed by atoms with Gasteiger partial charge in [-0.25, -0.2) is 9.67 Å². The van der Waals surface area contributed by atoms with Gasteiger partial charge in [-0.3, -0.25) is 4.79 Å². The number of rotatable bonds is 5. The largest absolute Gasteiger partial charge is 0.354 e. The number of carbonyl (C=O) groups is 1. The highest BCUT2D eigenvalue weighted by molar-refractivity contribution is 5.92. The summed E-state index contributed by atoms with van der Waals surface area (Å²) in [7, 11) is 2.13. The Kier molecular flexibility index (Phi) is 5.29. The van der Waals surface area contributed by atoms with Gasteiger partial charge in [0, 0.05) is 44.5 Å². The predicted molar refractivity (Wildman–Crippen MR) is 106 cm³/mol. The molecule has 0 radical (unpaired) electrons. The van der Waals surface area contributed by atoms with Gasteiger partial charge < -0.3 is 15.1 Å². The van der Waals surface area contributed by atoms with Crippen LogP contribution in [0.3, 0.4) is 0 Å². The molecule has 2 aromatic heterocycles. The third kappa shape index (κ3) is 3.86. The Balaban J connectivity index is 1.48. The minimum atomic E-state index is -0.220. The number of nitrogens with zero attached hydrogens (tertiary/aromatic N) is 6. The Morgan fingerprint density at radius 1 is 1.07 bits per heavy atom. The minimum absolute atomic E-state index is 0.220. The lowest BCUT2D eigenvalue weighted by atomic mass is 10.2. The molecule has 1 aliphatic heterocycles. The van der Waals surface area contributed by atoms with Crippen molar-refractivity contribution in [1.29, 1.82) is 0 Å². The van der Waals surface area contributed by atoms with Gasteiger partial charge in [0.15, 0.2) is 5.69 Å². The zero-order valence-electron chi connectivity index (χ0n) is 15.8. The molecule has 0 spiro atoms. The SMILES string of the molecule is CN1CCN(c2ncccc2CNC(=O)c2cnnn2-c2ccccc2)CC1. The molecule has 1 N–H and O–H groups in total. The second-order valence-corrected chi connectivity index (χ2v) is 6.83. The first kappa shape index (κ1) is 18.1. The van der Waals surface area contributed by atoms with Crippen LogP contribution in [0.4, 0.5) is 5.82 Å². The Labute approximate surface area is 163 Å². The van der Waals surface area contributed by atoms with E-state index in [0.717, 1.165) is 43.2 Å². The van der Waals surface area contributed by atoms with Crippen LogP contribution in [0, 0.1) is 0 Å². The Hall–Kier alpha value is -3.26. The summed E-state index contributed by atoms with van der Waals surface area (Å²) in [5, 5.41) is 10.9. The van der Waals surface area contributed by atoms with Gasteiger partial charge in [-0.2, -0.15) is 0 Å². The van der Waals surface area contributed by atoms with Crippen LogP contribution in [0.5, 0.6) is 0 Å². The molecular weight excluding hydrogens is 354 g/mol. The molecule has 1 fully saturated rings. The molecule has 28 heavy (non-hydrogen) atoms. The molecule has 1 aromatic carbocycles. The number of carbonyl (C=O) groups excluding carboxylic acids is 1. The van der Waals surface area contributed by atoms with Crippen molar-refractivity contribution in [2.45, 2.75) is 6.54 Å². The number of benzene rings is 1. The van der Waals surface area contributed by atoms with Crippen molar-refractivity contribution in [2.24, 2.45) is 0 Å². The second-order valence-electron chi connectivity index (χ2n) is 6.83. The maximum atomic E-state index is 12.8. The van der Waals surface area contributed by atoms with E-state index in [0.29, 0.717) is 12.2 Å². The van der Waals surface area contributed by atoms with Crippen molar-refractivity contribution < 1.29 is 4.79 Å². The topological polar surface area (TPSA) is 79.2 Å². The summed E-state index contributed by atoms with van der Waals surface area (Å²) < 4.78 is 1.54. The van der Waals surface area contributed by atoms with E-state index in [-0.39, 0.29) is 5.91 Å². The monoisotopic (exact) mass is 377 g/mol. The van der Waals surface area contributed by atoms with Crippen LogP contribution in [0.2, 0.25) is 0 Å². The summed E-state index contributed by atoms with van der Waals surface area (Å²) in [6, 6.07) is 13.4. The van der Waals surface area contributed by atoms with Crippen molar-refractivity contribution in [3.63, 3.8) is 0 Å². The molecule has 8 nitrogen and oxygen atoms in total. The molecule has 0 bridgehead atoms. The number of para-hydroxylation sites is 1. The molecular formula is C20H23N7O. The van der Waals surface area contributed by atoms with Gasteiger partial charge in [0.2, 0.25) is 0 Å². The average Bonchev–Trinajstić information content (AvgIpc) is 3.24. The maximum absolute atomic E-state index is 12.8. The third-order valence-corrected chi connectivity index (χ3v) is 4.89. The summed E-state index contributed by atoms with van der Waals surface area (Å²) in [6.07, 6.45) is 3.28. The maximum Gasteiger partial charge on any atom is 0.271 e. The highest BCUT2D eigenvalue weighted by Gasteiger charge is 2.19. The fraction of sp³-hybridized carbons (Fsp3) is 0.300. The lowest BCUT2D eigenvalue weighted by Crippen LogP contribution is -2.45. The number of hydrogen-bond donors (Lipinski definition) is 1. The predicted octanol–water partition coefficient (Wildman–Crippen LogP) is 1.34. The molecule has 3 heterocycles. The standard InChI is InChI=1S/C20H23N7O/c1-25-10-12-26(13-11-25)19-16(6-5-9-21-19)14-22-20(28)18-15-23-24-27(18)17-7-3-2-4-8-17/h2-9,15H,10-14H2,1H3,(H,22,28). The fourth-order valence-electron chi connectivity index (χ4n) is 3.29. The quantitative estimate of drug-likeness (QED) is 0.723. The number of amides is 1. The van der Waals surface area contributed by atoms with Gasteiger partial charge in [0.1, 0.15) is 5.82 Å². The molecule has 4 rings (SSSR count). The van der Waals surface area contributed by atoms with E-state index >= 15 is 0 Å². The number of anilines is 1. The number of nitrogens with one attached hydrogen (secondary N) is 1. The van der Waals surface area contributed by atoms with Crippen molar-refractivity contribution in [1.82, 2.24) is 30.2 Å². The number of piperazine rings is 1. The smallest absolute Gasteiger partial charge is 0.271 e. The highest BCUT2D eigenvalue weighted by atomic mass is 16.2.